The quantitative estimate of drug-likeness (QED) is 0.531. The van der Waals surface area contributed by atoms with Crippen molar-refractivity contribution >= 4 is 37.4 Å². The summed E-state index contributed by atoms with van der Waals surface area (Å²) in [6, 6.07) is 18.2. The van der Waals surface area contributed by atoms with Crippen LogP contribution in [0.1, 0.15) is 5.56 Å². The second-order valence-corrected chi connectivity index (χ2v) is 9.57. The number of para-hydroxylation sites is 1. The Morgan fingerprint density at radius 1 is 0.828 bits per heavy atom. The standard InChI is InChI=1S/C19H17ClN2O5S2/c20-15-5-9-18(10-6-15)29(25,26)27-19-4-2-1-3-14(19)13-22-16-7-11-17(12-8-16)28(21,23)24/h1-12,22H,13H2,(H2,21,23,24). The molecule has 0 aromatic heterocycles. The van der Waals surface area contributed by atoms with E-state index >= 15 is 0 Å². The second-order valence-electron chi connectivity index (χ2n) is 6.02. The fraction of sp³-hybridized carbons (Fsp3) is 0.0526. The molecule has 7 nitrogen and oxygen atoms in total. The first kappa shape index (κ1) is 21.1. The first-order valence-corrected chi connectivity index (χ1v) is 11.6. The molecule has 0 saturated heterocycles. The summed E-state index contributed by atoms with van der Waals surface area (Å²) in [5.74, 6) is 0.177. The summed E-state index contributed by atoms with van der Waals surface area (Å²) in [4.78, 5) is -0.0101. The smallest absolute Gasteiger partial charge is 0.339 e. The van der Waals surface area contributed by atoms with Crippen molar-refractivity contribution in [3.8, 4) is 5.75 Å². The highest BCUT2D eigenvalue weighted by atomic mass is 35.5. The summed E-state index contributed by atoms with van der Waals surface area (Å²) in [7, 11) is -7.79. The first-order chi connectivity index (χ1) is 13.6. The maximum absolute atomic E-state index is 12.5. The van der Waals surface area contributed by atoms with Crippen molar-refractivity contribution in [2.75, 3.05) is 5.32 Å². The van der Waals surface area contributed by atoms with Gasteiger partial charge in [0.25, 0.3) is 0 Å². The van der Waals surface area contributed by atoms with Crippen LogP contribution in [0, 0.1) is 0 Å². The number of anilines is 1. The van der Waals surface area contributed by atoms with Gasteiger partial charge in [-0.05, 0) is 54.6 Å². The topological polar surface area (TPSA) is 116 Å². The number of benzene rings is 3. The molecule has 3 aromatic rings. The van der Waals surface area contributed by atoms with E-state index in [-0.39, 0.29) is 22.1 Å². The van der Waals surface area contributed by atoms with Crippen LogP contribution in [0.25, 0.3) is 0 Å². The summed E-state index contributed by atoms with van der Waals surface area (Å²) >= 11 is 5.80. The van der Waals surface area contributed by atoms with Gasteiger partial charge in [0.2, 0.25) is 10.0 Å². The van der Waals surface area contributed by atoms with Crippen molar-refractivity contribution in [2.24, 2.45) is 5.14 Å². The Balaban J connectivity index is 1.76. The third-order valence-corrected chi connectivity index (χ3v) is 6.37. The molecule has 0 unspecified atom stereocenters. The van der Waals surface area contributed by atoms with E-state index in [1.807, 2.05) is 0 Å². The van der Waals surface area contributed by atoms with Gasteiger partial charge in [0, 0.05) is 22.8 Å². The lowest BCUT2D eigenvalue weighted by Crippen LogP contribution is -2.12. The highest BCUT2D eigenvalue weighted by Crippen LogP contribution is 2.25. The lowest BCUT2D eigenvalue weighted by atomic mass is 10.2. The molecule has 0 amide bonds. The molecule has 3 N–H and O–H groups in total. The molecule has 0 fully saturated rings. The molecule has 0 aliphatic carbocycles. The summed E-state index contributed by atoms with van der Waals surface area (Å²) in [6.45, 7) is 0.251. The summed E-state index contributed by atoms with van der Waals surface area (Å²) in [6.07, 6.45) is 0. The van der Waals surface area contributed by atoms with Gasteiger partial charge >= 0.3 is 10.1 Å². The number of rotatable bonds is 7. The molecule has 152 valence electrons. The van der Waals surface area contributed by atoms with Crippen molar-refractivity contribution < 1.29 is 21.0 Å². The van der Waals surface area contributed by atoms with E-state index in [9.17, 15) is 16.8 Å². The molecule has 3 rings (SSSR count). The van der Waals surface area contributed by atoms with Crippen LogP contribution >= 0.6 is 11.6 Å². The van der Waals surface area contributed by atoms with E-state index in [0.717, 1.165) is 0 Å². The number of sulfonamides is 1. The summed E-state index contributed by atoms with van der Waals surface area (Å²) in [5.41, 5.74) is 1.23. The van der Waals surface area contributed by atoms with E-state index in [0.29, 0.717) is 16.3 Å². The number of hydrogen-bond acceptors (Lipinski definition) is 6. The fourth-order valence-electron chi connectivity index (χ4n) is 2.46. The van der Waals surface area contributed by atoms with Gasteiger partial charge < -0.3 is 9.50 Å². The van der Waals surface area contributed by atoms with Crippen molar-refractivity contribution in [3.63, 3.8) is 0 Å². The zero-order chi connectivity index (χ0) is 21.1. The van der Waals surface area contributed by atoms with Crippen LogP contribution < -0.4 is 14.6 Å². The number of hydrogen-bond donors (Lipinski definition) is 2. The molecule has 0 aliphatic rings. The molecule has 0 radical (unpaired) electrons. The lowest BCUT2D eigenvalue weighted by Gasteiger charge is -2.13. The predicted octanol–water partition coefficient (Wildman–Crippen LogP) is 3.37. The minimum absolute atomic E-state index is 0.000779. The van der Waals surface area contributed by atoms with Gasteiger partial charge in [-0.15, -0.1) is 0 Å². The molecule has 10 heteroatoms. The number of nitrogens with one attached hydrogen (secondary N) is 1. The largest absolute Gasteiger partial charge is 0.381 e. The Labute approximate surface area is 174 Å². The average Bonchev–Trinajstić information content (AvgIpc) is 2.67. The second kappa shape index (κ2) is 8.42. The van der Waals surface area contributed by atoms with Gasteiger partial charge in [0.15, 0.2) is 0 Å². The molecule has 0 saturated carbocycles. The summed E-state index contributed by atoms with van der Waals surface area (Å²) in [5, 5.41) is 8.58. The molecule has 0 heterocycles. The third-order valence-electron chi connectivity index (χ3n) is 3.94. The Morgan fingerprint density at radius 2 is 1.41 bits per heavy atom. The van der Waals surface area contributed by atoms with E-state index in [1.54, 1.807) is 36.4 Å². The van der Waals surface area contributed by atoms with Crippen LogP contribution in [0.5, 0.6) is 5.75 Å². The number of halogens is 1. The van der Waals surface area contributed by atoms with E-state index in [1.165, 1.54) is 36.4 Å². The Morgan fingerprint density at radius 3 is 2.03 bits per heavy atom. The van der Waals surface area contributed by atoms with Crippen molar-refractivity contribution in [1.82, 2.24) is 0 Å². The van der Waals surface area contributed by atoms with Crippen LogP contribution in [0.4, 0.5) is 5.69 Å². The molecule has 0 atom stereocenters. The monoisotopic (exact) mass is 452 g/mol. The zero-order valence-electron chi connectivity index (χ0n) is 14.9. The van der Waals surface area contributed by atoms with Gasteiger partial charge in [-0.25, -0.2) is 13.6 Å². The summed E-state index contributed by atoms with van der Waals surface area (Å²) < 4.78 is 53.0. The zero-order valence-corrected chi connectivity index (χ0v) is 17.3. The maximum Gasteiger partial charge on any atom is 0.339 e. The van der Waals surface area contributed by atoms with Crippen molar-refractivity contribution in [3.05, 3.63) is 83.4 Å². The van der Waals surface area contributed by atoms with E-state index < -0.39 is 20.1 Å². The Kier molecular flexibility index (Phi) is 6.13. The van der Waals surface area contributed by atoms with E-state index in [4.69, 9.17) is 20.9 Å². The van der Waals surface area contributed by atoms with Crippen LogP contribution in [-0.4, -0.2) is 16.8 Å². The minimum Gasteiger partial charge on any atom is -0.381 e. The predicted molar refractivity (Wildman–Crippen MR) is 111 cm³/mol. The van der Waals surface area contributed by atoms with Crippen molar-refractivity contribution in [2.45, 2.75) is 16.3 Å². The highest BCUT2D eigenvalue weighted by molar-refractivity contribution is 7.89. The molecule has 29 heavy (non-hydrogen) atoms. The van der Waals surface area contributed by atoms with Gasteiger partial charge in [-0.3, -0.25) is 0 Å². The van der Waals surface area contributed by atoms with Crippen LogP contribution in [0.3, 0.4) is 0 Å². The SMILES string of the molecule is NS(=O)(=O)c1ccc(NCc2ccccc2OS(=O)(=O)c2ccc(Cl)cc2)cc1. The van der Waals surface area contributed by atoms with Crippen LogP contribution in [0.15, 0.2) is 82.6 Å². The van der Waals surface area contributed by atoms with Gasteiger partial charge in [0.1, 0.15) is 10.6 Å². The highest BCUT2D eigenvalue weighted by Gasteiger charge is 2.18. The molecule has 0 bridgehead atoms. The van der Waals surface area contributed by atoms with Crippen molar-refractivity contribution in [1.29, 1.82) is 0 Å². The lowest BCUT2D eigenvalue weighted by molar-refractivity contribution is 0.483. The maximum atomic E-state index is 12.5. The Hall–Kier alpha value is -2.59. The van der Waals surface area contributed by atoms with Crippen LogP contribution in [-0.2, 0) is 26.7 Å². The van der Waals surface area contributed by atoms with Gasteiger partial charge in [-0.1, -0.05) is 29.8 Å². The van der Waals surface area contributed by atoms with E-state index in [2.05, 4.69) is 5.32 Å². The number of primary sulfonamides is 1. The first-order valence-electron chi connectivity index (χ1n) is 8.30. The number of nitrogens with two attached hydrogens (primary N) is 1. The Bertz CT molecular complexity index is 1210. The fourth-order valence-corrected chi connectivity index (χ4v) is 4.06. The molecular weight excluding hydrogens is 436 g/mol. The molecule has 0 aliphatic heterocycles. The molecular formula is C19H17ClN2O5S2. The van der Waals surface area contributed by atoms with Crippen LogP contribution in [0.2, 0.25) is 5.02 Å². The normalized spacial score (nSPS) is 11.8. The average molecular weight is 453 g/mol. The minimum atomic E-state index is -4.02. The molecule has 3 aromatic carbocycles. The van der Waals surface area contributed by atoms with Gasteiger partial charge in [0.05, 0.1) is 4.90 Å². The van der Waals surface area contributed by atoms with Gasteiger partial charge in [-0.2, -0.15) is 8.42 Å². The molecule has 0 spiro atoms. The third kappa shape index (κ3) is 5.48.